The Bertz CT molecular complexity index is 185. The quantitative estimate of drug-likeness (QED) is 0.674. The predicted molar refractivity (Wildman–Crippen MR) is 59.0 cm³/mol. The molecule has 14 heavy (non-hydrogen) atoms. The van der Waals surface area contributed by atoms with E-state index in [0.29, 0.717) is 5.41 Å². The lowest BCUT2D eigenvalue weighted by Crippen LogP contribution is -2.51. The van der Waals surface area contributed by atoms with Gasteiger partial charge in [0.25, 0.3) is 0 Å². The molecule has 3 nitrogen and oxygen atoms in total. The highest BCUT2D eigenvalue weighted by Crippen LogP contribution is 2.38. The molecule has 0 aromatic carbocycles. The van der Waals surface area contributed by atoms with Crippen molar-refractivity contribution in [1.29, 1.82) is 0 Å². The minimum absolute atomic E-state index is 0.653. The molecule has 82 valence electrons. The maximum Gasteiger partial charge on any atom is 0.0136 e. The largest absolute Gasteiger partial charge is 0.306 e. The molecule has 2 aliphatic rings. The third-order valence-electron chi connectivity index (χ3n) is 3.99. The molecule has 0 aliphatic carbocycles. The van der Waals surface area contributed by atoms with Gasteiger partial charge in [-0.25, -0.2) is 5.01 Å². The van der Waals surface area contributed by atoms with Gasteiger partial charge in [-0.05, 0) is 51.7 Å². The van der Waals surface area contributed by atoms with Gasteiger partial charge in [-0.3, -0.25) is 5.43 Å². The van der Waals surface area contributed by atoms with E-state index in [0.717, 1.165) is 0 Å². The highest BCUT2D eigenvalue weighted by atomic mass is 15.5. The molecule has 0 saturated carbocycles. The molecule has 0 radical (unpaired) electrons. The van der Waals surface area contributed by atoms with Gasteiger partial charge in [-0.1, -0.05) is 0 Å². The first-order valence-electron chi connectivity index (χ1n) is 5.85. The van der Waals surface area contributed by atoms with Gasteiger partial charge in [-0.2, -0.15) is 0 Å². The minimum atomic E-state index is 0.653. The van der Waals surface area contributed by atoms with Crippen LogP contribution < -0.4 is 5.43 Å². The Morgan fingerprint density at radius 2 is 1.79 bits per heavy atom. The first kappa shape index (κ1) is 10.4. The molecule has 0 unspecified atom stereocenters. The summed E-state index contributed by atoms with van der Waals surface area (Å²) in [6.45, 7) is 5.08. The second kappa shape index (κ2) is 4.17. The van der Waals surface area contributed by atoms with Crippen molar-refractivity contribution in [2.24, 2.45) is 5.41 Å². The molecule has 2 aliphatic heterocycles. The van der Waals surface area contributed by atoms with Crippen molar-refractivity contribution in [1.82, 2.24) is 15.3 Å². The van der Waals surface area contributed by atoms with E-state index in [1.165, 1.54) is 51.9 Å². The fourth-order valence-corrected chi connectivity index (χ4v) is 3.07. The molecule has 3 heteroatoms. The summed E-state index contributed by atoms with van der Waals surface area (Å²) in [4.78, 5) is 2.51. The van der Waals surface area contributed by atoms with E-state index in [2.05, 4.69) is 22.4 Å². The number of nitrogens with one attached hydrogen (secondary N) is 1. The van der Waals surface area contributed by atoms with Crippen LogP contribution in [0, 0.1) is 5.41 Å². The zero-order chi connectivity index (χ0) is 10.0. The van der Waals surface area contributed by atoms with E-state index in [1.807, 2.05) is 7.05 Å². The predicted octanol–water partition coefficient (Wildman–Crippen LogP) is 0.929. The number of hydrogen-bond acceptors (Lipinski definition) is 3. The number of hydrazine groups is 1. The lowest BCUT2D eigenvalue weighted by Gasteiger charge is -2.46. The average molecular weight is 197 g/mol. The molecule has 0 bridgehead atoms. The Labute approximate surface area is 87.4 Å². The fourth-order valence-electron chi connectivity index (χ4n) is 3.07. The SMILES string of the molecule is CNN1CCC2(CCCN(C)C2)CC1. The summed E-state index contributed by atoms with van der Waals surface area (Å²) in [6, 6.07) is 0. The van der Waals surface area contributed by atoms with Crippen LogP contribution in [0.5, 0.6) is 0 Å². The Balaban J connectivity index is 1.91. The highest BCUT2D eigenvalue weighted by molar-refractivity contribution is 4.90. The molecule has 0 amide bonds. The number of rotatable bonds is 1. The fraction of sp³-hybridized carbons (Fsp3) is 1.00. The smallest absolute Gasteiger partial charge is 0.0136 e. The zero-order valence-electron chi connectivity index (χ0n) is 9.55. The van der Waals surface area contributed by atoms with Crippen molar-refractivity contribution in [2.45, 2.75) is 25.7 Å². The highest BCUT2D eigenvalue weighted by Gasteiger charge is 2.36. The third-order valence-corrected chi connectivity index (χ3v) is 3.99. The summed E-state index contributed by atoms with van der Waals surface area (Å²) in [5, 5.41) is 2.35. The van der Waals surface area contributed by atoms with Crippen molar-refractivity contribution in [3.05, 3.63) is 0 Å². The van der Waals surface area contributed by atoms with Crippen LogP contribution in [0.4, 0.5) is 0 Å². The van der Waals surface area contributed by atoms with Crippen LogP contribution in [0.15, 0.2) is 0 Å². The van der Waals surface area contributed by atoms with Crippen molar-refractivity contribution in [3.8, 4) is 0 Å². The standard InChI is InChI=1S/C11H23N3/c1-12-14-8-5-11(6-9-14)4-3-7-13(2)10-11/h12H,3-10H2,1-2H3. The molecule has 2 fully saturated rings. The molecule has 2 heterocycles. The van der Waals surface area contributed by atoms with E-state index < -0.39 is 0 Å². The van der Waals surface area contributed by atoms with Crippen LogP contribution in [-0.2, 0) is 0 Å². The number of hydrogen-bond donors (Lipinski definition) is 1. The van der Waals surface area contributed by atoms with Crippen molar-refractivity contribution in [2.75, 3.05) is 40.3 Å². The van der Waals surface area contributed by atoms with Crippen LogP contribution in [0.2, 0.25) is 0 Å². The van der Waals surface area contributed by atoms with Gasteiger partial charge in [0, 0.05) is 19.6 Å². The number of likely N-dealkylation sites (tertiary alicyclic amines) is 1. The van der Waals surface area contributed by atoms with Gasteiger partial charge in [0.15, 0.2) is 0 Å². The van der Waals surface area contributed by atoms with Crippen LogP contribution in [0.1, 0.15) is 25.7 Å². The van der Waals surface area contributed by atoms with Gasteiger partial charge in [0.2, 0.25) is 0 Å². The molecule has 0 atom stereocenters. The number of nitrogens with zero attached hydrogens (tertiary/aromatic N) is 2. The van der Waals surface area contributed by atoms with Crippen LogP contribution in [0.3, 0.4) is 0 Å². The van der Waals surface area contributed by atoms with Gasteiger partial charge < -0.3 is 4.90 Å². The maximum absolute atomic E-state index is 3.26. The van der Waals surface area contributed by atoms with E-state index >= 15 is 0 Å². The molecule has 0 aromatic rings. The maximum atomic E-state index is 3.26. The molecule has 1 spiro atoms. The summed E-state index contributed by atoms with van der Waals surface area (Å²) >= 11 is 0. The van der Waals surface area contributed by atoms with Crippen LogP contribution in [0.25, 0.3) is 0 Å². The van der Waals surface area contributed by atoms with Crippen molar-refractivity contribution < 1.29 is 0 Å². The van der Waals surface area contributed by atoms with E-state index in [4.69, 9.17) is 0 Å². The Kier molecular flexibility index (Phi) is 3.10. The van der Waals surface area contributed by atoms with Gasteiger partial charge in [0.1, 0.15) is 0 Å². The Morgan fingerprint density at radius 3 is 2.36 bits per heavy atom. The second-order valence-electron chi connectivity index (χ2n) is 5.05. The molecule has 2 saturated heterocycles. The first-order valence-corrected chi connectivity index (χ1v) is 5.85. The molecule has 0 aromatic heterocycles. The minimum Gasteiger partial charge on any atom is -0.306 e. The Hall–Kier alpha value is -0.120. The molecular formula is C11H23N3. The normalized spacial score (nSPS) is 29.6. The summed E-state index contributed by atoms with van der Waals surface area (Å²) in [5.74, 6) is 0. The summed E-state index contributed by atoms with van der Waals surface area (Å²) in [6.07, 6.45) is 5.60. The second-order valence-corrected chi connectivity index (χ2v) is 5.05. The third kappa shape index (κ3) is 2.10. The van der Waals surface area contributed by atoms with E-state index in [9.17, 15) is 0 Å². The van der Waals surface area contributed by atoms with Crippen LogP contribution >= 0.6 is 0 Å². The van der Waals surface area contributed by atoms with Gasteiger partial charge in [-0.15, -0.1) is 0 Å². The average Bonchev–Trinajstić information content (AvgIpc) is 2.19. The first-order chi connectivity index (χ1) is 6.74. The zero-order valence-corrected chi connectivity index (χ0v) is 9.55. The Morgan fingerprint density at radius 1 is 1.07 bits per heavy atom. The van der Waals surface area contributed by atoms with Crippen molar-refractivity contribution >= 4 is 0 Å². The van der Waals surface area contributed by atoms with Gasteiger partial charge >= 0.3 is 0 Å². The molecule has 2 rings (SSSR count). The summed E-state index contributed by atoms with van der Waals surface area (Å²) in [5.41, 5.74) is 3.91. The van der Waals surface area contributed by atoms with Gasteiger partial charge in [0.05, 0.1) is 0 Å². The van der Waals surface area contributed by atoms with E-state index in [-0.39, 0.29) is 0 Å². The topological polar surface area (TPSA) is 18.5 Å². The summed E-state index contributed by atoms with van der Waals surface area (Å²) < 4.78 is 0. The lowest BCUT2D eigenvalue weighted by molar-refractivity contribution is 0.0193. The van der Waals surface area contributed by atoms with Crippen molar-refractivity contribution in [3.63, 3.8) is 0 Å². The van der Waals surface area contributed by atoms with Crippen LogP contribution in [-0.4, -0.2) is 50.2 Å². The summed E-state index contributed by atoms with van der Waals surface area (Å²) in [7, 11) is 4.30. The monoisotopic (exact) mass is 197 g/mol. The van der Waals surface area contributed by atoms with E-state index in [1.54, 1.807) is 0 Å². The molecule has 1 N–H and O–H groups in total. The molecular weight excluding hydrogens is 174 g/mol. The lowest BCUT2D eigenvalue weighted by atomic mass is 9.73. The number of piperidine rings is 2.